The maximum atomic E-state index is 5.92. The quantitative estimate of drug-likeness (QED) is 0.879. The Morgan fingerprint density at radius 3 is 3.00 bits per heavy atom. The summed E-state index contributed by atoms with van der Waals surface area (Å²) in [7, 11) is 0. The first-order valence-corrected chi connectivity index (χ1v) is 7.57. The van der Waals surface area contributed by atoms with Gasteiger partial charge in [0.25, 0.3) is 0 Å². The summed E-state index contributed by atoms with van der Waals surface area (Å²) < 4.78 is 0. The van der Waals surface area contributed by atoms with E-state index in [1.54, 1.807) is 0 Å². The molecule has 0 radical (unpaired) electrons. The number of para-hydroxylation sites is 1. The van der Waals surface area contributed by atoms with Gasteiger partial charge in [-0.25, -0.2) is 4.98 Å². The second-order valence-corrected chi connectivity index (χ2v) is 5.75. The summed E-state index contributed by atoms with van der Waals surface area (Å²) in [6.07, 6.45) is 3.57. The van der Waals surface area contributed by atoms with Gasteiger partial charge in [0.2, 0.25) is 0 Å². The summed E-state index contributed by atoms with van der Waals surface area (Å²) in [6, 6.07) is 10.7. The summed E-state index contributed by atoms with van der Waals surface area (Å²) in [5, 5.41) is 1.09. The van der Waals surface area contributed by atoms with Crippen LogP contribution in [0.25, 0.3) is 10.9 Å². The van der Waals surface area contributed by atoms with Crippen LogP contribution in [0, 0.1) is 0 Å². The van der Waals surface area contributed by atoms with Crippen molar-refractivity contribution in [1.82, 2.24) is 4.98 Å². The van der Waals surface area contributed by atoms with E-state index in [-0.39, 0.29) is 0 Å². The Kier molecular flexibility index (Phi) is 3.57. The molecule has 2 aromatic rings. The van der Waals surface area contributed by atoms with Crippen LogP contribution < -0.4 is 10.6 Å². The van der Waals surface area contributed by atoms with Crippen molar-refractivity contribution in [3.8, 4) is 0 Å². The number of pyridine rings is 1. The molecule has 1 aromatic carbocycles. The van der Waals surface area contributed by atoms with Gasteiger partial charge in [-0.3, -0.25) is 0 Å². The number of aromatic nitrogens is 1. The molecule has 0 saturated carbocycles. The fraction of sp³-hybridized carbons (Fsp3) is 0.375. The molecule has 3 rings (SSSR count). The van der Waals surface area contributed by atoms with Crippen molar-refractivity contribution in [2.45, 2.75) is 32.2 Å². The predicted octanol–water partition coefficient (Wildman–Crippen LogP) is 3.25. The highest BCUT2D eigenvalue weighted by Crippen LogP contribution is 2.30. The van der Waals surface area contributed by atoms with Crippen molar-refractivity contribution in [3.05, 3.63) is 35.9 Å². The number of fused-ring (bicyclic) bond motifs is 1. The Balaban J connectivity index is 2.17. The lowest BCUT2D eigenvalue weighted by molar-refractivity contribution is 0.641. The molecule has 0 aliphatic carbocycles. The van der Waals surface area contributed by atoms with Crippen LogP contribution in [0.5, 0.6) is 0 Å². The number of nitrogens with zero attached hydrogens (tertiary/aromatic N) is 2. The van der Waals surface area contributed by atoms with E-state index >= 15 is 0 Å². The number of hydrogen-bond acceptors (Lipinski definition) is 3. The number of thiocarbonyl (C=S) groups is 1. The zero-order valence-corrected chi connectivity index (χ0v) is 12.5. The number of nitrogens with two attached hydrogens (primary N) is 1. The largest absolute Gasteiger partial charge is 0.389 e. The summed E-state index contributed by atoms with van der Waals surface area (Å²) in [5.41, 5.74) is 7.83. The van der Waals surface area contributed by atoms with Crippen molar-refractivity contribution in [2.75, 3.05) is 11.4 Å². The standard InChI is InChI=1S/C16H19N3S/c1-2-12-7-5-9-19(12)16-13(15(17)20)10-11-6-3-4-8-14(11)18-16/h3-4,6,8,10,12H,2,5,7,9H2,1H3,(H2,17,20). The Morgan fingerprint density at radius 1 is 1.45 bits per heavy atom. The van der Waals surface area contributed by atoms with Crippen LogP contribution in [0.1, 0.15) is 31.7 Å². The molecule has 2 N–H and O–H groups in total. The van der Waals surface area contributed by atoms with Gasteiger partial charge in [-0.05, 0) is 31.4 Å². The van der Waals surface area contributed by atoms with E-state index in [2.05, 4.69) is 24.0 Å². The summed E-state index contributed by atoms with van der Waals surface area (Å²) in [4.78, 5) is 7.64. The highest BCUT2D eigenvalue weighted by atomic mass is 32.1. The van der Waals surface area contributed by atoms with Gasteiger partial charge in [-0.15, -0.1) is 0 Å². The molecule has 0 amide bonds. The van der Waals surface area contributed by atoms with Crippen molar-refractivity contribution in [1.29, 1.82) is 0 Å². The lowest BCUT2D eigenvalue weighted by Crippen LogP contribution is -2.31. The maximum absolute atomic E-state index is 5.92. The molecule has 1 fully saturated rings. The molecule has 1 aromatic heterocycles. The second-order valence-electron chi connectivity index (χ2n) is 5.31. The zero-order valence-electron chi connectivity index (χ0n) is 11.7. The number of anilines is 1. The smallest absolute Gasteiger partial charge is 0.139 e. The molecule has 2 heterocycles. The first-order chi connectivity index (χ1) is 9.70. The van der Waals surface area contributed by atoms with Gasteiger partial charge in [0.1, 0.15) is 10.8 Å². The molecule has 1 aliphatic rings. The van der Waals surface area contributed by atoms with Gasteiger partial charge in [0.05, 0.1) is 11.1 Å². The monoisotopic (exact) mass is 285 g/mol. The summed E-state index contributed by atoms with van der Waals surface area (Å²) in [6.45, 7) is 3.27. The molecular formula is C16H19N3S. The molecule has 1 atom stereocenters. The summed E-state index contributed by atoms with van der Waals surface area (Å²) >= 11 is 5.23. The Labute approximate surface area is 124 Å². The number of rotatable bonds is 3. The van der Waals surface area contributed by atoms with E-state index in [4.69, 9.17) is 22.9 Å². The van der Waals surface area contributed by atoms with Crippen LogP contribution in [0.3, 0.4) is 0 Å². The molecule has 3 nitrogen and oxygen atoms in total. The molecule has 104 valence electrons. The van der Waals surface area contributed by atoms with Gasteiger partial charge in [-0.2, -0.15) is 0 Å². The van der Waals surface area contributed by atoms with Gasteiger partial charge < -0.3 is 10.6 Å². The van der Waals surface area contributed by atoms with E-state index in [0.29, 0.717) is 11.0 Å². The minimum Gasteiger partial charge on any atom is -0.389 e. The predicted molar refractivity (Wildman–Crippen MR) is 88.3 cm³/mol. The first-order valence-electron chi connectivity index (χ1n) is 7.17. The Morgan fingerprint density at radius 2 is 2.25 bits per heavy atom. The fourth-order valence-corrected chi connectivity index (χ4v) is 3.20. The van der Waals surface area contributed by atoms with E-state index in [1.165, 1.54) is 12.8 Å². The molecule has 1 unspecified atom stereocenters. The number of hydrogen-bond donors (Lipinski definition) is 1. The van der Waals surface area contributed by atoms with Crippen LogP contribution in [0.4, 0.5) is 5.82 Å². The Hall–Kier alpha value is -1.68. The normalized spacial score (nSPS) is 18.6. The van der Waals surface area contributed by atoms with Gasteiger partial charge in [0, 0.05) is 18.0 Å². The van der Waals surface area contributed by atoms with Crippen LogP contribution >= 0.6 is 12.2 Å². The fourth-order valence-electron chi connectivity index (χ4n) is 3.05. The lowest BCUT2D eigenvalue weighted by Gasteiger charge is -2.27. The molecule has 0 spiro atoms. The maximum Gasteiger partial charge on any atom is 0.139 e. The third-order valence-corrected chi connectivity index (χ3v) is 4.31. The Bertz CT molecular complexity index is 653. The van der Waals surface area contributed by atoms with E-state index in [0.717, 1.165) is 35.2 Å². The molecule has 1 aliphatic heterocycles. The molecule has 1 saturated heterocycles. The third-order valence-electron chi connectivity index (χ3n) is 4.09. The second kappa shape index (κ2) is 5.37. The minimum absolute atomic E-state index is 0.431. The number of benzene rings is 1. The molecule has 0 bridgehead atoms. The van der Waals surface area contributed by atoms with E-state index in [1.807, 2.05) is 18.2 Å². The summed E-state index contributed by atoms with van der Waals surface area (Å²) in [5.74, 6) is 0.959. The van der Waals surface area contributed by atoms with Crippen molar-refractivity contribution in [3.63, 3.8) is 0 Å². The van der Waals surface area contributed by atoms with Gasteiger partial charge in [-0.1, -0.05) is 37.3 Å². The van der Waals surface area contributed by atoms with Gasteiger partial charge in [0.15, 0.2) is 0 Å². The first kappa shape index (κ1) is 13.3. The molecule has 20 heavy (non-hydrogen) atoms. The van der Waals surface area contributed by atoms with Crippen molar-refractivity contribution >= 4 is 33.9 Å². The van der Waals surface area contributed by atoms with Crippen molar-refractivity contribution in [2.24, 2.45) is 5.73 Å². The van der Waals surface area contributed by atoms with E-state index in [9.17, 15) is 0 Å². The topological polar surface area (TPSA) is 42.2 Å². The SMILES string of the molecule is CCC1CCCN1c1nc2ccccc2cc1C(N)=S. The van der Waals surface area contributed by atoms with Crippen LogP contribution in [-0.4, -0.2) is 22.6 Å². The highest BCUT2D eigenvalue weighted by Gasteiger charge is 2.26. The lowest BCUT2D eigenvalue weighted by atomic mass is 10.1. The van der Waals surface area contributed by atoms with E-state index < -0.39 is 0 Å². The average molecular weight is 285 g/mol. The highest BCUT2D eigenvalue weighted by molar-refractivity contribution is 7.80. The zero-order chi connectivity index (χ0) is 14.1. The molecule has 4 heteroatoms. The van der Waals surface area contributed by atoms with Crippen LogP contribution in [0.15, 0.2) is 30.3 Å². The average Bonchev–Trinajstić information content (AvgIpc) is 2.94. The molecular weight excluding hydrogens is 266 g/mol. The van der Waals surface area contributed by atoms with Crippen molar-refractivity contribution < 1.29 is 0 Å². The van der Waals surface area contributed by atoms with Crippen LogP contribution in [0.2, 0.25) is 0 Å². The van der Waals surface area contributed by atoms with Crippen LogP contribution in [-0.2, 0) is 0 Å². The van der Waals surface area contributed by atoms with Gasteiger partial charge >= 0.3 is 0 Å². The minimum atomic E-state index is 0.431. The third kappa shape index (κ3) is 2.24.